The molecule has 1 unspecified atom stereocenters. The Morgan fingerprint density at radius 1 is 0.591 bits per heavy atom. The fraction of sp³-hybridized carbons (Fsp3) is 0.135. The Morgan fingerprint density at radius 3 is 1.82 bits per heavy atom. The first kappa shape index (κ1) is 26.1. The predicted octanol–water partition coefficient (Wildman–Crippen LogP) is 9.58. The van der Waals surface area contributed by atoms with E-state index in [1.54, 1.807) is 30.3 Å². The van der Waals surface area contributed by atoms with E-state index in [4.69, 9.17) is 4.74 Å². The fourth-order valence-corrected chi connectivity index (χ4v) is 7.44. The van der Waals surface area contributed by atoms with E-state index in [-0.39, 0.29) is 26.6 Å². The topological polar surface area (TPSA) is 95.5 Å². The third-order valence-corrected chi connectivity index (χ3v) is 9.22. The summed E-state index contributed by atoms with van der Waals surface area (Å²) in [4.78, 5) is 24.1. The predicted molar refractivity (Wildman–Crippen MR) is 171 cm³/mol. The largest absolute Gasteiger partial charge is 0.455 e. The van der Waals surface area contributed by atoms with E-state index in [1.165, 1.54) is 6.07 Å². The molecule has 8 rings (SSSR count). The van der Waals surface area contributed by atoms with Crippen molar-refractivity contribution in [3.8, 4) is 22.6 Å². The van der Waals surface area contributed by atoms with Crippen LogP contribution in [0.25, 0.3) is 32.7 Å². The number of ether oxygens (including phenoxy) is 1. The summed E-state index contributed by atoms with van der Waals surface area (Å²) in [6.07, 6.45) is 0. The van der Waals surface area contributed by atoms with Gasteiger partial charge >= 0.3 is 0 Å². The highest BCUT2D eigenvalue weighted by atomic mass is 16.6. The quantitative estimate of drug-likeness (QED) is 0.150. The lowest BCUT2D eigenvalue weighted by Crippen LogP contribution is -2.33. The molecule has 0 saturated carbocycles. The highest BCUT2D eigenvalue weighted by Crippen LogP contribution is 2.65. The average molecular weight is 579 g/mol. The third kappa shape index (κ3) is 3.26. The lowest BCUT2D eigenvalue weighted by molar-refractivity contribution is -0.384. The Labute approximate surface area is 252 Å². The number of nitrogens with zero attached hydrogens (tertiary/aromatic N) is 2. The molecule has 1 atom stereocenters. The van der Waals surface area contributed by atoms with Gasteiger partial charge in [-0.2, -0.15) is 0 Å². The highest BCUT2D eigenvalue weighted by Gasteiger charge is 2.53. The van der Waals surface area contributed by atoms with E-state index in [0.717, 1.165) is 38.6 Å². The Hall–Kier alpha value is -5.56. The molecule has 6 aromatic carbocycles. The molecule has 1 spiro atoms. The van der Waals surface area contributed by atoms with Crippen molar-refractivity contribution in [2.24, 2.45) is 0 Å². The van der Waals surface area contributed by atoms with Gasteiger partial charge in [0.1, 0.15) is 11.5 Å². The lowest BCUT2D eigenvalue weighted by atomic mass is 9.64. The molecular formula is C37H26N2O5. The van der Waals surface area contributed by atoms with E-state index in [0.29, 0.717) is 33.4 Å². The van der Waals surface area contributed by atoms with Crippen LogP contribution in [-0.4, -0.2) is 9.85 Å². The van der Waals surface area contributed by atoms with Gasteiger partial charge in [0.2, 0.25) is 0 Å². The molecule has 0 aromatic heterocycles. The van der Waals surface area contributed by atoms with E-state index >= 15 is 0 Å². The minimum Gasteiger partial charge on any atom is -0.455 e. The zero-order valence-electron chi connectivity index (χ0n) is 24.3. The summed E-state index contributed by atoms with van der Waals surface area (Å²) in [5.41, 5.74) is 4.40. The Kier molecular flexibility index (Phi) is 5.18. The number of benzene rings is 6. The zero-order valence-corrected chi connectivity index (χ0v) is 24.3. The SMILES string of the molecule is CC(C)(C)c1cc2c(c3ccccc13)Oc1c(cc([N+](=O)[O-])c3ccccc13)C21c2ccccc2-c2ccc([N+](=O)[O-])cc21. The summed E-state index contributed by atoms with van der Waals surface area (Å²) in [6.45, 7) is 6.47. The summed E-state index contributed by atoms with van der Waals surface area (Å²) >= 11 is 0. The molecule has 7 nitrogen and oxygen atoms in total. The maximum Gasteiger partial charge on any atom is 0.277 e. The molecule has 0 radical (unpaired) electrons. The zero-order chi connectivity index (χ0) is 30.5. The third-order valence-electron chi connectivity index (χ3n) is 9.22. The number of hydrogen-bond donors (Lipinski definition) is 0. The Balaban J connectivity index is 1.67. The molecule has 1 aliphatic carbocycles. The van der Waals surface area contributed by atoms with Gasteiger partial charge in [-0.15, -0.1) is 0 Å². The summed E-state index contributed by atoms with van der Waals surface area (Å²) in [6, 6.07) is 32.1. The van der Waals surface area contributed by atoms with Gasteiger partial charge in [-0.05, 0) is 56.8 Å². The molecule has 0 N–H and O–H groups in total. The van der Waals surface area contributed by atoms with Crippen molar-refractivity contribution >= 4 is 32.9 Å². The number of fused-ring (bicyclic) bond motifs is 13. The Morgan fingerprint density at radius 2 is 1.16 bits per heavy atom. The smallest absolute Gasteiger partial charge is 0.277 e. The second-order valence-corrected chi connectivity index (χ2v) is 12.6. The molecule has 0 fully saturated rings. The molecule has 214 valence electrons. The van der Waals surface area contributed by atoms with Crippen LogP contribution >= 0.6 is 0 Å². The fourth-order valence-electron chi connectivity index (χ4n) is 7.44. The maximum atomic E-state index is 12.6. The van der Waals surface area contributed by atoms with Crippen molar-refractivity contribution in [1.29, 1.82) is 0 Å². The Bertz CT molecular complexity index is 2270. The first-order chi connectivity index (χ1) is 21.1. The lowest BCUT2D eigenvalue weighted by Gasteiger charge is -2.41. The van der Waals surface area contributed by atoms with Gasteiger partial charge in [0, 0.05) is 40.1 Å². The van der Waals surface area contributed by atoms with Gasteiger partial charge in [-0.1, -0.05) is 87.5 Å². The average Bonchev–Trinajstić information content (AvgIpc) is 3.30. The van der Waals surface area contributed by atoms with Crippen LogP contribution in [0.5, 0.6) is 11.5 Å². The van der Waals surface area contributed by atoms with Crippen LogP contribution in [0.1, 0.15) is 48.6 Å². The van der Waals surface area contributed by atoms with E-state index in [9.17, 15) is 20.2 Å². The summed E-state index contributed by atoms with van der Waals surface area (Å²) in [5, 5.41) is 27.9. The molecule has 44 heavy (non-hydrogen) atoms. The van der Waals surface area contributed by atoms with Crippen molar-refractivity contribution in [1.82, 2.24) is 0 Å². The number of hydrogen-bond acceptors (Lipinski definition) is 5. The van der Waals surface area contributed by atoms with Gasteiger partial charge in [-0.25, -0.2) is 0 Å². The van der Waals surface area contributed by atoms with E-state index < -0.39 is 5.41 Å². The minimum atomic E-state index is -1.13. The number of nitro groups is 2. The molecule has 6 aromatic rings. The second kappa shape index (κ2) is 8.74. The molecule has 0 bridgehead atoms. The van der Waals surface area contributed by atoms with Crippen molar-refractivity contribution in [2.75, 3.05) is 0 Å². The summed E-state index contributed by atoms with van der Waals surface area (Å²) in [5.74, 6) is 1.16. The van der Waals surface area contributed by atoms with Crippen molar-refractivity contribution in [2.45, 2.75) is 31.6 Å². The van der Waals surface area contributed by atoms with Crippen LogP contribution in [0.4, 0.5) is 11.4 Å². The summed E-state index contributed by atoms with van der Waals surface area (Å²) in [7, 11) is 0. The van der Waals surface area contributed by atoms with Crippen LogP contribution in [0, 0.1) is 20.2 Å². The number of nitro benzene ring substituents is 2. The van der Waals surface area contributed by atoms with Crippen molar-refractivity contribution in [3.05, 3.63) is 151 Å². The number of rotatable bonds is 2. The van der Waals surface area contributed by atoms with Gasteiger partial charge in [0.05, 0.1) is 20.6 Å². The van der Waals surface area contributed by atoms with E-state index in [2.05, 4.69) is 32.9 Å². The van der Waals surface area contributed by atoms with Gasteiger partial charge in [-0.3, -0.25) is 20.2 Å². The first-order valence-electron chi connectivity index (χ1n) is 14.5. The van der Waals surface area contributed by atoms with Gasteiger partial charge in [0.25, 0.3) is 11.4 Å². The summed E-state index contributed by atoms with van der Waals surface area (Å²) < 4.78 is 6.94. The van der Waals surface area contributed by atoms with Gasteiger partial charge in [0.15, 0.2) is 0 Å². The molecule has 1 heterocycles. The second-order valence-electron chi connectivity index (χ2n) is 12.6. The van der Waals surface area contributed by atoms with Crippen LogP contribution in [0.2, 0.25) is 0 Å². The number of non-ortho nitro benzene ring substituents is 2. The van der Waals surface area contributed by atoms with Crippen molar-refractivity contribution < 1.29 is 14.6 Å². The van der Waals surface area contributed by atoms with E-state index in [1.807, 2.05) is 54.6 Å². The maximum absolute atomic E-state index is 12.6. The van der Waals surface area contributed by atoms with Gasteiger partial charge < -0.3 is 4.74 Å². The monoisotopic (exact) mass is 578 g/mol. The molecular weight excluding hydrogens is 552 g/mol. The van der Waals surface area contributed by atoms with Crippen LogP contribution in [0.15, 0.2) is 103 Å². The normalized spacial score (nSPS) is 16.2. The van der Waals surface area contributed by atoms with Crippen molar-refractivity contribution in [3.63, 3.8) is 0 Å². The molecule has 0 saturated heterocycles. The molecule has 0 amide bonds. The van der Waals surface area contributed by atoms with Crippen LogP contribution in [-0.2, 0) is 10.8 Å². The van der Waals surface area contributed by atoms with Crippen LogP contribution in [0.3, 0.4) is 0 Å². The highest BCUT2D eigenvalue weighted by molar-refractivity contribution is 6.03. The molecule has 1 aliphatic heterocycles. The molecule has 7 heteroatoms. The standard InChI is InChI=1S/C37H26N2O5/c1-36(2,3)29-19-31-34(26-13-6-4-11-23(26)29)44-35-27-14-7-5-12-25(27)33(39(42)43)20-32(35)37(31)28-15-9-8-10-22(28)24-17-16-21(38(40)41)18-30(24)37/h4-20H,1-3H3. The molecule has 2 aliphatic rings. The first-order valence-corrected chi connectivity index (χ1v) is 14.5. The minimum absolute atomic E-state index is 0.0426. The van der Waals surface area contributed by atoms with Crippen LogP contribution < -0.4 is 4.74 Å².